The second-order valence-electron chi connectivity index (χ2n) is 7.81. The van der Waals surface area contributed by atoms with Crippen molar-refractivity contribution in [2.75, 3.05) is 37.7 Å². The minimum Gasteiger partial charge on any atom is -0.450 e. The number of hydrogen-bond acceptors (Lipinski definition) is 6. The Balaban J connectivity index is 1.29. The number of rotatable bonds is 6. The van der Waals surface area contributed by atoms with Crippen LogP contribution in [0, 0.1) is 11.6 Å². The van der Waals surface area contributed by atoms with E-state index >= 15 is 0 Å². The molecule has 0 radical (unpaired) electrons. The second-order valence-corrected chi connectivity index (χ2v) is 7.81. The molecule has 0 N–H and O–H groups in total. The maximum atomic E-state index is 14.4. The highest BCUT2D eigenvalue weighted by Gasteiger charge is 2.25. The summed E-state index contributed by atoms with van der Waals surface area (Å²) in [6.45, 7) is 2.32. The molecule has 1 aliphatic rings. The number of benzene rings is 2. The van der Waals surface area contributed by atoms with Gasteiger partial charge >= 0.3 is 5.97 Å². The molecule has 1 fully saturated rings. The van der Waals surface area contributed by atoms with Gasteiger partial charge in [-0.2, -0.15) is 0 Å². The van der Waals surface area contributed by atoms with E-state index in [0.29, 0.717) is 37.4 Å². The van der Waals surface area contributed by atoms with Crippen molar-refractivity contribution in [3.8, 4) is 11.3 Å². The number of halogens is 2. The van der Waals surface area contributed by atoms with Crippen LogP contribution < -0.4 is 4.90 Å². The van der Waals surface area contributed by atoms with Crippen LogP contribution in [-0.4, -0.2) is 55.3 Å². The number of furan rings is 1. The molecule has 0 spiro atoms. The number of esters is 1. The molecule has 1 aromatic heterocycles. The van der Waals surface area contributed by atoms with E-state index in [1.54, 1.807) is 29.2 Å². The van der Waals surface area contributed by atoms with E-state index in [4.69, 9.17) is 9.15 Å². The SMILES string of the molecule is CC(=O)c1ccc(N2CCN(C(=O)COC(=O)c3ccc(-c4ccccc4F)o3)CC2)c(F)c1. The van der Waals surface area contributed by atoms with Crippen molar-refractivity contribution in [1.82, 2.24) is 4.90 Å². The van der Waals surface area contributed by atoms with Crippen LogP contribution in [0.3, 0.4) is 0 Å². The highest BCUT2D eigenvalue weighted by atomic mass is 19.1. The van der Waals surface area contributed by atoms with Crippen LogP contribution in [0.15, 0.2) is 59.0 Å². The standard InChI is InChI=1S/C25H22F2N2O5/c1-16(30)17-6-7-21(20(27)14-17)28-10-12-29(13-11-28)24(31)15-33-25(32)23-9-8-22(34-23)18-4-2-3-5-19(18)26/h2-9,14H,10-13,15H2,1H3. The van der Waals surface area contributed by atoms with E-state index < -0.39 is 24.2 Å². The van der Waals surface area contributed by atoms with Crippen LogP contribution in [0.25, 0.3) is 11.3 Å². The van der Waals surface area contributed by atoms with Gasteiger partial charge in [-0.1, -0.05) is 12.1 Å². The third kappa shape index (κ3) is 4.98. The van der Waals surface area contributed by atoms with E-state index in [9.17, 15) is 23.2 Å². The number of amides is 1. The Morgan fingerprint density at radius 1 is 0.941 bits per heavy atom. The molecule has 1 aliphatic heterocycles. The number of hydrogen-bond donors (Lipinski definition) is 0. The number of piperazine rings is 1. The normalized spacial score (nSPS) is 13.6. The Morgan fingerprint density at radius 3 is 2.35 bits per heavy atom. The monoisotopic (exact) mass is 468 g/mol. The molecule has 176 valence electrons. The molecule has 2 aromatic carbocycles. The maximum Gasteiger partial charge on any atom is 0.374 e. The molecule has 0 saturated carbocycles. The summed E-state index contributed by atoms with van der Waals surface area (Å²) in [5, 5.41) is 0. The zero-order chi connectivity index (χ0) is 24.2. The molecule has 34 heavy (non-hydrogen) atoms. The third-order valence-electron chi connectivity index (χ3n) is 5.60. The zero-order valence-corrected chi connectivity index (χ0v) is 18.4. The van der Waals surface area contributed by atoms with Crippen molar-refractivity contribution in [3.05, 3.63) is 77.6 Å². The highest BCUT2D eigenvalue weighted by molar-refractivity contribution is 5.94. The van der Waals surface area contributed by atoms with Gasteiger partial charge in [0.2, 0.25) is 5.76 Å². The summed E-state index contributed by atoms with van der Waals surface area (Å²) >= 11 is 0. The molecule has 0 unspecified atom stereocenters. The van der Waals surface area contributed by atoms with Gasteiger partial charge in [0.05, 0.1) is 11.3 Å². The van der Waals surface area contributed by atoms with E-state index in [2.05, 4.69) is 0 Å². The average molecular weight is 468 g/mol. The van der Waals surface area contributed by atoms with Gasteiger partial charge in [-0.3, -0.25) is 9.59 Å². The summed E-state index contributed by atoms with van der Waals surface area (Å²) in [6.07, 6.45) is 0. The van der Waals surface area contributed by atoms with Gasteiger partial charge in [-0.25, -0.2) is 13.6 Å². The summed E-state index contributed by atoms with van der Waals surface area (Å²) in [5.74, 6) is -2.37. The number of ether oxygens (including phenoxy) is 1. The molecule has 3 aromatic rings. The average Bonchev–Trinajstić information content (AvgIpc) is 3.33. The van der Waals surface area contributed by atoms with Crippen LogP contribution in [0.4, 0.5) is 14.5 Å². The summed E-state index contributed by atoms with van der Waals surface area (Å²) in [4.78, 5) is 39.5. The van der Waals surface area contributed by atoms with E-state index in [-0.39, 0.29) is 28.8 Å². The van der Waals surface area contributed by atoms with E-state index in [0.717, 1.165) is 0 Å². The van der Waals surface area contributed by atoms with Gasteiger partial charge in [0.25, 0.3) is 5.91 Å². The lowest BCUT2D eigenvalue weighted by molar-refractivity contribution is -0.134. The first kappa shape index (κ1) is 23.2. The molecule has 0 bridgehead atoms. The van der Waals surface area contributed by atoms with Gasteiger partial charge < -0.3 is 19.0 Å². The summed E-state index contributed by atoms with van der Waals surface area (Å²) in [5.41, 5.74) is 0.879. The van der Waals surface area contributed by atoms with Crippen molar-refractivity contribution in [3.63, 3.8) is 0 Å². The molecular weight excluding hydrogens is 446 g/mol. The van der Waals surface area contributed by atoms with Crippen molar-refractivity contribution in [2.45, 2.75) is 6.92 Å². The Hall–Kier alpha value is -4.01. The van der Waals surface area contributed by atoms with Crippen LogP contribution >= 0.6 is 0 Å². The fourth-order valence-electron chi connectivity index (χ4n) is 3.72. The summed E-state index contributed by atoms with van der Waals surface area (Å²) in [6, 6.07) is 13.2. The first-order chi connectivity index (χ1) is 16.3. The molecular formula is C25H22F2N2O5. The van der Waals surface area contributed by atoms with E-state index in [1.165, 1.54) is 42.2 Å². The predicted molar refractivity (Wildman–Crippen MR) is 120 cm³/mol. The van der Waals surface area contributed by atoms with Gasteiger partial charge in [-0.15, -0.1) is 0 Å². The van der Waals surface area contributed by atoms with Crippen molar-refractivity contribution >= 4 is 23.3 Å². The quantitative estimate of drug-likeness (QED) is 0.403. The molecule has 7 nitrogen and oxygen atoms in total. The van der Waals surface area contributed by atoms with Crippen molar-refractivity contribution in [2.24, 2.45) is 0 Å². The van der Waals surface area contributed by atoms with Crippen LogP contribution in [0.2, 0.25) is 0 Å². The number of anilines is 1. The van der Waals surface area contributed by atoms with E-state index in [1.807, 2.05) is 0 Å². The molecule has 0 atom stereocenters. The Bertz CT molecular complexity index is 1230. The molecule has 1 amide bonds. The largest absolute Gasteiger partial charge is 0.450 e. The van der Waals surface area contributed by atoms with Crippen LogP contribution in [0.5, 0.6) is 0 Å². The van der Waals surface area contributed by atoms with Crippen LogP contribution in [0.1, 0.15) is 27.8 Å². The zero-order valence-electron chi connectivity index (χ0n) is 18.4. The topological polar surface area (TPSA) is 80.1 Å². The van der Waals surface area contributed by atoms with Gasteiger partial charge in [0, 0.05) is 31.7 Å². The highest BCUT2D eigenvalue weighted by Crippen LogP contribution is 2.25. The molecule has 9 heteroatoms. The maximum absolute atomic E-state index is 14.4. The molecule has 1 saturated heterocycles. The Kier molecular flexibility index (Phi) is 6.72. The lowest BCUT2D eigenvalue weighted by Crippen LogP contribution is -2.50. The lowest BCUT2D eigenvalue weighted by atomic mass is 10.1. The fourth-order valence-corrected chi connectivity index (χ4v) is 3.72. The molecule has 4 rings (SSSR count). The number of carbonyl (C=O) groups excluding carboxylic acids is 3. The Labute approximate surface area is 194 Å². The second kappa shape index (κ2) is 9.86. The molecule has 0 aliphatic carbocycles. The third-order valence-corrected chi connectivity index (χ3v) is 5.60. The van der Waals surface area contributed by atoms with Crippen LogP contribution in [-0.2, 0) is 9.53 Å². The summed E-state index contributed by atoms with van der Waals surface area (Å²) < 4.78 is 38.7. The number of Topliss-reactive ketones (excluding diaryl/α,β-unsaturated/α-hetero) is 1. The summed E-state index contributed by atoms with van der Waals surface area (Å²) in [7, 11) is 0. The predicted octanol–water partition coefficient (Wildman–Crippen LogP) is 3.93. The van der Waals surface area contributed by atoms with Gasteiger partial charge in [0.1, 0.15) is 17.4 Å². The van der Waals surface area contributed by atoms with Crippen molar-refractivity contribution in [1.29, 1.82) is 0 Å². The minimum atomic E-state index is -0.831. The fraction of sp³-hybridized carbons (Fsp3) is 0.240. The number of carbonyl (C=O) groups is 3. The Morgan fingerprint density at radius 2 is 1.68 bits per heavy atom. The van der Waals surface area contributed by atoms with Gasteiger partial charge in [0.15, 0.2) is 12.4 Å². The number of ketones is 1. The first-order valence-corrected chi connectivity index (χ1v) is 10.7. The first-order valence-electron chi connectivity index (χ1n) is 10.7. The van der Waals surface area contributed by atoms with Gasteiger partial charge in [-0.05, 0) is 49.4 Å². The van der Waals surface area contributed by atoms with Crippen molar-refractivity contribution < 1.29 is 32.3 Å². The molecule has 2 heterocycles. The number of nitrogens with zero attached hydrogens (tertiary/aromatic N) is 2. The smallest absolute Gasteiger partial charge is 0.374 e. The lowest BCUT2D eigenvalue weighted by Gasteiger charge is -2.36. The minimum absolute atomic E-state index is 0.139.